The topological polar surface area (TPSA) is 75.7 Å². The standard InChI is InChI=1S/C34H37Br2ClN2O4/c1-6-11-39-24-14-33(2,3)16-26(40)30(24)29(31-25(39)15-34(4,5)17-27(31)41)22-12-19(35)13-23(36)32(22)43-18-28(42)38-21-9-7-20(37)8-10-21/h7-10,12-13,29H,6,11,14-18H2,1-5H3,(H,38,42). The zero-order chi connectivity index (χ0) is 31.3. The molecule has 9 heteroatoms. The average molecular weight is 733 g/mol. The van der Waals surface area contributed by atoms with Gasteiger partial charge in [0.25, 0.3) is 5.91 Å². The van der Waals surface area contributed by atoms with Gasteiger partial charge in [0.2, 0.25) is 0 Å². The maximum Gasteiger partial charge on any atom is 0.262 e. The Morgan fingerprint density at radius 2 is 1.51 bits per heavy atom. The van der Waals surface area contributed by atoms with Gasteiger partial charge >= 0.3 is 0 Å². The summed E-state index contributed by atoms with van der Waals surface area (Å²) in [5, 5.41) is 3.41. The van der Waals surface area contributed by atoms with Crippen LogP contribution in [0.4, 0.5) is 5.69 Å². The summed E-state index contributed by atoms with van der Waals surface area (Å²) >= 11 is 13.3. The molecule has 1 amide bonds. The Morgan fingerprint density at radius 3 is 2.05 bits per heavy atom. The predicted molar refractivity (Wildman–Crippen MR) is 177 cm³/mol. The molecule has 0 saturated heterocycles. The number of Topliss-reactive ketones (excluding diaryl/α,β-unsaturated/α-hetero) is 2. The number of nitrogens with one attached hydrogen (secondary N) is 1. The molecule has 228 valence electrons. The molecular weight excluding hydrogens is 696 g/mol. The number of hydrogen-bond acceptors (Lipinski definition) is 5. The van der Waals surface area contributed by atoms with Crippen LogP contribution in [-0.4, -0.2) is 35.5 Å². The van der Waals surface area contributed by atoms with E-state index in [4.69, 9.17) is 16.3 Å². The van der Waals surface area contributed by atoms with E-state index in [2.05, 4.69) is 76.7 Å². The van der Waals surface area contributed by atoms with Gasteiger partial charge in [0.05, 0.1) is 4.47 Å². The van der Waals surface area contributed by atoms with Crippen LogP contribution in [-0.2, 0) is 14.4 Å². The molecule has 3 aliphatic rings. The molecule has 43 heavy (non-hydrogen) atoms. The van der Waals surface area contributed by atoms with E-state index in [-0.39, 0.29) is 34.9 Å². The molecule has 1 aliphatic heterocycles. The fourth-order valence-corrected chi connectivity index (χ4v) is 8.17. The number of rotatable bonds is 7. The van der Waals surface area contributed by atoms with Gasteiger partial charge in [-0.3, -0.25) is 14.4 Å². The highest BCUT2D eigenvalue weighted by molar-refractivity contribution is 9.11. The third-order valence-electron chi connectivity index (χ3n) is 8.29. The molecular formula is C34H37Br2ClN2O4. The fraction of sp³-hybridized carbons (Fsp3) is 0.441. The Hall–Kier alpha value is -2.42. The third-order valence-corrected chi connectivity index (χ3v) is 9.59. The van der Waals surface area contributed by atoms with Crippen LogP contribution >= 0.6 is 43.5 Å². The highest BCUT2D eigenvalue weighted by atomic mass is 79.9. The Kier molecular flexibility index (Phi) is 9.05. The number of benzene rings is 2. The van der Waals surface area contributed by atoms with Crippen molar-refractivity contribution in [3.63, 3.8) is 0 Å². The summed E-state index contributed by atoms with van der Waals surface area (Å²) in [5.74, 6) is -0.370. The maximum absolute atomic E-state index is 14.1. The molecule has 1 N–H and O–H groups in total. The highest BCUT2D eigenvalue weighted by Gasteiger charge is 2.49. The molecule has 0 spiro atoms. The van der Waals surface area contributed by atoms with Crippen molar-refractivity contribution in [3.8, 4) is 5.75 Å². The lowest BCUT2D eigenvalue weighted by Gasteiger charge is -2.49. The van der Waals surface area contributed by atoms with Crippen LogP contribution in [0.15, 0.2) is 67.9 Å². The minimum atomic E-state index is -0.589. The van der Waals surface area contributed by atoms with Gasteiger partial charge in [0.1, 0.15) is 5.75 Å². The Balaban J connectivity index is 1.63. The first kappa shape index (κ1) is 32.0. The van der Waals surface area contributed by atoms with E-state index in [0.717, 1.165) is 41.7 Å². The largest absolute Gasteiger partial charge is 0.482 e. The third kappa shape index (κ3) is 6.66. The summed E-state index contributed by atoms with van der Waals surface area (Å²) in [6.45, 7) is 11.2. The van der Waals surface area contributed by atoms with E-state index in [1.165, 1.54) is 0 Å². The second-order valence-corrected chi connectivity index (χ2v) is 15.5. The quantitative estimate of drug-likeness (QED) is 0.308. The predicted octanol–water partition coefficient (Wildman–Crippen LogP) is 8.98. The van der Waals surface area contributed by atoms with Crippen molar-refractivity contribution in [1.82, 2.24) is 4.90 Å². The number of nitrogens with zero attached hydrogens (tertiary/aromatic N) is 1. The lowest BCUT2D eigenvalue weighted by molar-refractivity contribution is -0.120. The van der Waals surface area contributed by atoms with Crippen molar-refractivity contribution < 1.29 is 19.1 Å². The minimum absolute atomic E-state index is 0.0593. The van der Waals surface area contributed by atoms with Crippen LogP contribution in [0.5, 0.6) is 5.75 Å². The van der Waals surface area contributed by atoms with Gasteiger partial charge in [-0.05, 0) is 82.4 Å². The van der Waals surface area contributed by atoms with Gasteiger partial charge < -0.3 is 15.0 Å². The number of hydrogen-bond donors (Lipinski definition) is 1. The molecule has 1 heterocycles. The number of ketones is 2. The van der Waals surface area contributed by atoms with Crippen LogP contribution in [0, 0.1) is 10.8 Å². The summed E-state index contributed by atoms with van der Waals surface area (Å²) in [6.07, 6.45) is 3.18. The smallest absolute Gasteiger partial charge is 0.262 e. The zero-order valence-corrected chi connectivity index (χ0v) is 29.1. The number of carbonyl (C=O) groups is 3. The summed E-state index contributed by atoms with van der Waals surface area (Å²) in [5.41, 5.74) is 4.29. The van der Waals surface area contributed by atoms with Gasteiger partial charge in [-0.15, -0.1) is 0 Å². The van der Waals surface area contributed by atoms with E-state index in [1.807, 2.05) is 12.1 Å². The highest BCUT2D eigenvalue weighted by Crippen LogP contribution is 2.56. The van der Waals surface area contributed by atoms with E-state index >= 15 is 0 Å². The molecule has 5 rings (SSSR count). The molecule has 2 aliphatic carbocycles. The van der Waals surface area contributed by atoms with Crippen LogP contribution in [0.3, 0.4) is 0 Å². The summed E-state index contributed by atoms with van der Waals surface area (Å²) in [7, 11) is 0. The van der Waals surface area contributed by atoms with Crippen molar-refractivity contribution in [2.45, 2.75) is 72.6 Å². The second kappa shape index (κ2) is 12.2. The van der Waals surface area contributed by atoms with Crippen LogP contribution in [0.1, 0.15) is 78.2 Å². The van der Waals surface area contributed by atoms with Crippen molar-refractivity contribution in [3.05, 3.63) is 78.5 Å². The molecule has 0 fully saturated rings. The van der Waals surface area contributed by atoms with E-state index in [0.29, 0.717) is 50.5 Å². The van der Waals surface area contributed by atoms with Crippen molar-refractivity contribution >= 4 is 66.6 Å². The normalized spacial score (nSPS) is 19.8. The maximum atomic E-state index is 14.1. The molecule has 0 atom stereocenters. The summed E-state index contributed by atoms with van der Waals surface area (Å²) in [4.78, 5) is 43.4. The first-order chi connectivity index (χ1) is 20.2. The lowest BCUT2D eigenvalue weighted by atomic mass is 9.63. The monoisotopic (exact) mass is 730 g/mol. The Bertz CT molecular complexity index is 1500. The SMILES string of the molecule is CCCN1C2=C(C(=O)CC(C)(C)C2)C(c2cc(Br)cc(Br)c2OCC(=O)Nc2ccc(Cl)cc2)C2=C1CC(C)(C)CC2=O. The van der Waals surface area contributed by atoms with Crippen LogP contribution in [0.2, 0.25) is 5.02 Å². The molecule has 2 aromatic carbocycles. The zero-order valence-electron chi connectivity index (χ0n) is 25.2. The molecule has 0 aromatic heterocycles. The number of halogens is 3. The van der Waals surface area contributed by atoms with E-state index in [9.17, 15) is 14.4 Å². The van der Waals surface area contributed by atoms with Crippen LogP contribution < -0.4 is 10.1 Å². The van der Waals surface area contributed by atoms with Crippen LogP contribution in [0.25, 0.3) is 0 Å². The summed E-state index contributed by atoms with van der Waals surface area (Å²) in [6, 6.07) is 10.6. The number of amides is 1. The molecule has 0 bridgehead atoms. The summed E-state index contributed by atoms with van der Waals surface area (Å²) < 4.78 is 7.64. The lowest BCUT2D eigenvalue weighted by Crippen LogP contribution is -2.44. The van der Waals surface area contributed by atoms with Gasteiger partial charge in [-0.1, -0.05) is 62.1 Å². The average Bonchev–Trinajstić information content (AvgIpc) is 2.88. The molecule has 0 saturated carbocycles. The minimum Gasteiger partial charge on any atom is -0.482 e. The number of anilines is 1. The van der Waals surface area contributed by atoms with Gasteiger partial charge in [-0.2, -0.15) is 0 Å². The first-order valence-corrected chi connectivity index (χ1v) is 16.6. The number of allylic oxidation sites excluding steroid dienone is 4. The van der Waals surface area contributed by atoms with Crippen molar-refractivity contribution in [2.75, 3.05) is 18.5 Å². The Morgan fingerprint density at radius 1 is 0.953 bits per heavy atom. The first-order valence-electron chi connectivity index (χ1n) is 14.7. The van der Waals surface area contributed by atoms with E-state index < -0.39 is 5.92 Å². The van der Waals surface area contributed by atoms with Gasteiger partial charge in [-0.25, -0.2) is 0 Å². The molecule has 0 radical (unpaired) electrons. The molecule has 6 nitrogen and oxygen atoms in total. The number of carbonyl (C=O) groups excluding carboxylic acids is 3. The van der Waals surface area contributed by atoms with Crippen molar-refractivity contribution in [1.29, 1.82) is 0 Å². The second-order valence-electron chi connectivity index (χ2n) is 13.3. The van der Waals surface area contributed by atoms with E-state index in [1.54, 1.807) is 24.3 Å². The van der Waals surface area contributed by atoms with Gasteiger partial charge in [0, 0.05) is 68.6 Å². The fourth-order valence-electron chi connectivity index (χ4n) is 6.67. The van der Waals surface area contributed by atoms with Gasteiger partial charge in [0.15, 0.2) is 18.2 Å². The number of ether oxygens (including phenoxy) is 1. The van der Waals surface area contributed by atoms with Crippen molar-refractivity contribution in [2.24, 2.45) is 10.8 Å². The molecule has 0 unspecified atom stereocenters. The Labute approximate surface area is 275 Å². The molecule has 2 aromatic rings.